The van der Waals surface area contributed by atoms with Crippen molar-refractivity contribution in [1.29, 1.82) is 0 Å². The first-order chi connectivity index (χ1) is 11.7. The molecule has 128 valence electrons. The summed E-state index contributed by atoms with van der Waals surface area (Å²) in [5, 5.41) is 3.16. The van der Waals surface area contributed by atoms with Crippen LogP contribution in [0, 0.1) is 5.41 Å². The normalized spacial score (nSPS) is 24.8. The average Bonchev–Trinajstić information content (AvgIpc) is 3.30. The summed E-state index contributed by atoms with van der Waals surface area (Å²) in [5.74, 6) is 0.298. The maximum Gasteiger partial charge on any atom is 0.222 e. The topological polar surface area (TPSA) is 65.1 Å². The lowest BCUT2D eigenvalue weighted by Crippen LogP contribution is -2.54. The quantitative estimate of drug-likeness (QED) is 0.923. The predicted molar refractivity (Wildman–Crippen MR) is 94.1 cm³/mol. The first-order valence-corrected chi connectivity index (χ1v) is 9.52. The SMILES string of the molecule is O=C1CCC2(CCCN(c3nccs3)C2)CN1CCc1cnc[nH]1. The van der Waals surface area contributed by atoms with Crippen LogP contribution in [0.2, 0.25) is 0 Å². The molecule has 1 amide bonds. The van der Waals surface area contributed by atoms with E-state index >= 15 is 0 Å². The highest BCUT2D eigenvalue weighted by atomic mass is 32.1. The van der Waals surface area contributed by atoms with Crippen LogP contribution in [0.25, 0.3) is 0 Å². The number of likely N-dealkylation sites (tertiary alicyclic amines) is 1. The molecule has 4 rings (SSSR count). The molecule has 2 aliphatic heterocycles. The fraction of sp³-hybridized carbons (Fsp3) is 0.588. The number of carbonyl (C=O) groups excluding carboxylic acids is 1. The highest BCUT2D eigenvalue weighted by molar-refractivity contribution is 7.13. The van der Waals surface area contributed by atoms with Crippen molar-refractivity contribution < 1.29 is 4.79 Å². The number of H-pyrrole nitrogens is 1. The minimum absolute atomic E-state index is 0.228. The number of amides is 1. The van der Waals surface area contributed by atoms with Gasteiger partial charge in [-0.3, -0.25) is 4.79 Å². The monoisotopic (exact) mass is 345 g/mol. The van der Waals surface area contributed by atoms with E-state index in [0.29, 0.717) is 12.3 Å². The van der Waals surface area contributed by atoms with E-state index < -0.39 is 0 Å². The summed E-state index contributed by atoms with van der Waals surface area (Å²) in [4.78, 5) is 28.5. The summed E-state index contributed by atoms with van der Waals surface area (Å²) >= 11 is 1.71. The Morgan fingerprint density at radius 2 is 2.29 bits per heavy atom. The van der Waals surface area contributed by atoms with Crippen molar-refractivity contribution in [3.8, 4) is 0 Å². The minimum Gasteiger partial charge on any atom is -0.348 e. The molecule has 0 saturated carbocycles. The molecule has 0 bridgehead atoms. The molecular formula is C17H23N5OS. The third-order valence-corrected chi connectivity index (χ3v) is 6.14. The van der Waals surface area contributed by atoms with Gasteiger partial charge in [-0.15, -0.1) is 11.3 Å². The molecule has 1 atom stereocenters. The number of nitrogens with one attached hydrogen (secondary N) is 1. The van der Waals surface area contributed by atoms with Crippen molar-refractivity contribution >= 4 is 22.4 Å². The second-order valence-electron chi connectivity index (χ2n) is 6.98. The zero-order valence-electron chi connectivity index (χ0n) is 13.8. The Bertz CT molecular complexity index is 671. The Morgan fingerprint density at radius 1 is 1.33 bits per heavy atom. The van der Waals surface area contributed by atoms with Gasteiger partial charge in [-0.2, -0.15) is 0 Å². The molecule has 24 heavy (non-hydrogen) atoms. The number of hydrogen-bond donors (Lipinski definition) is 1. The zero-order chi connectivity index (χ0) is 16.4. The van der Waals surface area contributed by atoms with Crippen molar-refractivity contribution in [2.45, 2.75) is 32.1 Å². The standard InChI is InChI=1S/C17H23N5OS/c23-15-2-5-17(11-21(15)8-3-14-10-18-13-20-14)4-1-7-22(12-17)16-19-6-9-24-16/h6,9-10,13H,1-5,7-8,11-12H2,(H,18,20). The highest BCUT2D eigenvalue weighted by Crippen LogP contribution is 2.40. The van der Waals surface area contributed by atoms with Gasteiger partial charge in [0.15, 0.2) is 5.13 Å². The second kappa shape index (κ2) is 6.55. The van der Waals surface area contributed by atoms with Crippen LogP contribution >= 0.6 is 11.3 Å². The van der Waals surface area contributed by atoms with Crippen LogP contribution in [0.1, 0.15) is 31.4 Å². The van der Waals surface area contributed by atoms with Crippen molar-refractivity contribution in [3.63, 3.8) is 0 Å². The average molecular weight is 345 g/mol. The predicted octanol–water partition coefficient (Wildman–Crippen LogP) is 2.32. The lowest BCUT2D eigenvalue weighted by atomic mass is 9.73. The maximum atomic E-state index is 12.4. The van der Waals surface area contributed by atoms with Crippen LogP contribution in [-0.4, -0.2) is 51.9 Å². The maximum absolute atomic E-state index is 12.4. The molecule has 2 saturated heterocycles. The number of rotatable bonds is 4. The number of piperidine rings is 2. The van der Waals surface area contributed by atoms with E-state index in [2.05, 4.69) is 24.8 Å². The summed E-state index contributed by atoms with van der Waals surface area (Å²) in [5.41, 5.74) is 1.32. The number of anilines is 1. The number of imidazole rings is 1. The van der Waals surface area contributed by atoms with Gasteiger partial charge in [-0.1, -0.05) is 0 Å². The molecule has 4 heterocycles. The Labute approximate surface area is 145 Å². The van der Waals surface area contributed by atoms with Gasteiger partial charge < -0.3 is 14.8 Å². The van der Waals surface area contributed by atoms with Crippen molar-refractivity contribution in [2.75, 3.05) is 31.1 Å². The van der Waals surface area contributed by atoms with Crippen molar-refractivity contribution in [3.05, 3.63) is 29.8 Å². The van der Waals surface area contributed by atoms with Gasteiger partial charge in [0.1, 0.15) is 0 Å². The third kappa shape index (κ3) is 3.17. The van der Waals surface area contributed by atoms with E-state index in [0.717, 1.165) is 49.8 Å². The number of nitrogens with zero attached hydrogens (tertiary/aromatic N) is 4. The molecule has 2 aliphatic rings. The number of aromatic amines is 1. The Morgan fingerprint density at radius 3 is 3.08 bits per heavy atom. The van der Waals surface area contributed by atoms with Crippen LogP contribution in [0.3, 0.4) is 0 Å². The van der Waals surface area contributed by atoms with E-state index in [-0.39, 0.29) is 5.41 Å². The van der Waals surface area contributed by atoms with Crippen molar-refractivity contribution in [2.24, 2.45) is 5.41 Å². The molecule has 0 radical (unpaired) electrons. The molecule has 1 unspecified atom stereocenters. The minimum atomic E-state index is 0.228. The van der Waals surface area contributed by atoms with E-state index in [9.17, 15) is 4.79 Å². The molecule has 2 fully saturated rings. The van der Waals surface area contributed by atoms with Gasteiger partial charge in [-0.05, 0) is 19.3 Å². The fourth-order valence-electron chi connectivity index (χ4n) is 4.06. The lowest BCUT2D eigenvalue weighted by Gasteiger charge is -2.48. The molecule has 6 nitrogen and oxygen atoms in total. The smallest absolute Gasteiger partial charge is 0.222 e. The van der Waals surface area contributed by atoms with E-state index in [1.54, 1.807) is 17.7 Å². The van der Waals surface area contributed by atoms with E-state index in [4.69, 9.17) is 0 Å². The van der Waals surface area contributed by atoms with E-state index in [1.807, 2.05) is 17.8 Å². The van der Waals surface area contributed by atoms with Crippen LogP contribution in [0.4, 0.5) is 5.13 Å². The number of carbonyl (C=O) groups is 1. The Hall–Kier alpha value is -1.89. The summed E-state index contributed by atoms with van der Waals surface area (Å²) in [6.07, 6.45) is 10.3. The van der Waals surface area contributed by atoms with Crippen LogP contribution in [-0.2, 0) is 11.2 Å². The number of hydrogen-bond acceptors (Lipinski definition) is 5. The number of thiazole rings is 1. The molecule has 2 aromatic heterocycles. The van der Waals surface area contributed by atoms with Gasteiger partial charge in [0.05, 0.1) is 6.33 Å². The Kier molecular flexibility index (Phi) is 4.26. The summed E-state index contributed by atoms with van der Waals surface area (Å²) in [6, 6.07) is 0. The van der Waals surface area contributed by atoms with Crippen LogP contribution < -0.4 is 4.90 Å². The first kappa shape index (κ1) is 15.6. The fourth-order valence-corrected chi connectivity index (χ4v) is 4.73. The summed E-state index contributed by atoms with van der Waals surface area (Å²) < 4.78 is 0. The largest absolute Gasteiger partial charge is 0.348 e. The van der Waals surface area contributed by atoms with Gasteiger partial charge in [0, 0.05) is 67.9 Å². The second-order valence-corrected chi connectivity index (χ2v) is 7.85. The highest BCUT2D eigenvalue weighted by Gasteiger charge is 2.42. The third-order valence-electron chi connectivity index (χ3n) is 5.31. The van der Waals surface area contributed by atoms with Gasteiger partial charge in [0.2, 0.25) is 5.91 Å². The molecule has 1 N–H and O–H groups in total. The Balaban J connectivity index is 1.43. The first-order valence-electron chi connectivity index (χ1n) is 8.64. The van der Waals surface area contributed by atoms with Gasteiger partial charge in [0.25, 0.3) is 0 Å². The molecular weight excluding hydrogens is 322 g/mol. The zero-order valence-corrected chi connectivity index (χ0v) is 14.6. The summed E-state index contributed by atoms with van der Waals surface area (Å²) in [6.45, 7) is 3.76. The van der Waals surface area contributed by atoms with Crippen molar-refractivity contribution in [1.82, 2.24) is 19.9 Å². The van der Waals surface area contributed by atoms with E-state index in [1.165, 1.54) is 12.8 Å². The molecule has 1 spiro atoms. The van der Waals surface area contributed by atoms with Crippen LogP contribution in [0.15, 0.2) is 24.1 Å². The lowest BCUT2D eigenvalue weighted by molar-refractivity contribution is -0.137. The molecule has 0 aliphatic carbocycles. The molecule has 2 aromatic rings. The molecule has 0 aromatic carbocycles. The van der Waals surface area contributed by atoms with Gasteiger partial charge in [-0.25, -0.2) is 9.97 Å². The summed E-state index contributed by atoms with van der Waals surface area (Å²) in [7, 11) is 0. The molecule has 7 heteroatoms. The van der Waals surface area contributed by atoms with Crippen LogP contribution in [0.5, 0.6) is 0 Å². The van der Waals surface area contributed by atoms with Gasteiger partial charge >= 0.3 is 0 Å². The number of aromatic nitrogens is 3.